The van der Waals surface area contributed by atoms with E-state index in [4.69, 9.17) is 9.47 Å². The number of anilines is 1. The van der Waals surface area contributed by atoms with Crippen LogP contribution in [0, 0.1) is 0 Å². The predicted molar refractivity (Wildman–Crippen MR) is 122 cm³/mol. The van der Waals surface area contributed by atoms with Gasteiger partial charge in [0.2, 0.25) is 5.91 Å². The van der Waals surface area contributed by atoms with E-state index in [0.717, 1.165) is 47.1 Å². The van der Waals surface area contributed by atoms with E-state index in [-0.39, 0.29) is 11.9 Å². The average Bonchev–Trinajstić information content (AvgIpc) is 3.11. The molecule has 8 heteroatoms. The van der Waals surface area contributed by atoms with Gasteiger partial charge in [-0.15, -0.1) is 23.1 Å². The van der Waals surface area contributed by atoms with E-state index in [0.29, 0.717) is 29.3 Å². The Balaban J connectivity index is 1.64. The number of hydrogen-bond donors (Lipinski definition) is 1. The van der Waals surface area contributed by atoms with Crippen molar-refractivity contribution in [1.29, 1.82) is 0 Å². The largest absolute Gasteiger partial charge is 0.497 e. The van der Waals surface area contributed by atoms with Crippen LogP contribution < -0.4 is 10.1 Å². The molecular formula is C22H28N2O4S2. The van der Waals surface area contributed by atoms with E-state index >= 15 is 0 Å². The van der Waals surface area contributed by atoms with Crippen molar-refractivity contribution in [3.63, 3.8) is 0 Å². The minimum Gasteiger partial charge on any atom is -0.497 e. The van der Waals surface area contributed by atoms with Gasteiger partial charge in [0.05, 0.1) is 19.3 Å². The van der Waals surface area contributed by atoms with Crippen molar-refractivity contribution >= 4 is 40.0 Å². The SMILES string of the molecule is CCOC(=O)c1c(NC(=O)CCSc2ccc(OC)cc2)sc2c1CCN(CC)C2. The number of esters is 1. The first-order valence-electron chi connectivity index (χ1n) is 10.2. The number of carbonyl (C=O) groups is 2. The molecule has 0 unspecified atom stereocenters. The zero-order valence-electron chi connectivity index (χ0n) is 17.7. The smallest absolute Gasteiger partial charge is 0.341 e. The fourth-order valence-corrected chi connectivity index (χ4v) is 5.50. The Morgan fingerprint density at radius 2 is 2.00 bits per heavy atom. The first-order valence-corrected chi connectivity index (χ1v) is 12.0. The molecule has 1 N–H and O–H groups in total. The Bertz CT molecular complexity index is 880. The lowest BCUT2D eigenvalue weighted by atomic mass is 10.0. The molecular weight excluding hydrogens is 420 g/mol. The number of thiophene rings is 1. The van der Waals surface area contributed by atoms with E-state index in [2.05, 4.69) is 17.1 Å². The number of likely N-dealkylation sites (N-methyl/N-ethyl adjacent to an activating group) is 1. The molecule has 0 atom stereocenters. The Kier molecular flexibility index (Phi) is 8.18. The number of benzene rings is 1. The van der Waals surface area contributed by atoms with Gasteiger partial charge < -0.3 is 14.8 Å². The van der Waals surface area contributed by atoms with E-state index in [1.54, 1.807) is 25.8 Å². The van der Waals surface area contributed by atoms with Gasteiger partial charge in [0.15, 0.2) is 0 Å². The summed E-state index contributed by atoms with van der Waals surface area (Å²) in [5.41, 5.74) is 1.58. The molecule has 3 rings (SSSR count). The topological polar surface area (TPSA) is 67.9 Å². The van der Waals surface area contributed by atoms with Gasteiger partial charge in [-0.1, -0.05) is 6.92 Å². The first-order chi connectivity index (χ1) is 14.5. The Labute approximate surface area is 185 Å². The third-order valence-electron chi connectivity index (χ3n) is 4.97. The maximum Gasteiger partial charge on any atom is 0.341 e. The van der Waals surface area contributed by atoms with Gasteiger partial charge in [0.1, 0.15) is 10.8 Å². The Hall–Kier alpha value is -2.03. The summed E-state index contributed by atoms with van der Waals surface area (Å²) in [5.74, 6) is 1.03. The molecule has 0 spiro atoms. The molecule has 6 nitrogen and oxygen atoms in total. The molecule has 1 aromatic carbocycles. The minimum absolute atomic E-state index is 0.0903. The number of rotatable bonds is 9. The van der Waals surface area contributed by atoms with Crippen LogP contribution >= 0.6 is 23.1 Å². The van der Waals surface area contributed by atoms with Crippen molar-refractivity contribution in [1.82, 2.24) is 4.90 Å². The van der Waals surface area contributed by atoms with Crippen molar-refractivity contribution in [3.8, 4) is 5.75 Å². The van der Waals surface area contributed by atoms with E-state index in [1.807, 2.05) is 24.3 Å². The molecule has 0 aliphatic carbocycles. The maximum atomic E-state index is 12.6. The van der Waals surface area contributed by atoms with Crippen LogP contribution in [0.3, 0.4) is 0 Å². The summed E-state index contributed by atoms with van der Waals surface area (Å²) < 4.78 is 10.4. The zero-order chi connectivity index (χ0) is 21.5. The molecule has 0 saturated heterocycles. The van der Waals surface area contributed by atoms with Crippen LogP contribution in [0.25, 0.3) is 0 Å². The van der Waals surface area contributed by atoms with Gasteiger partial charge in [-0.3, -0.25) is 9.69 Å². The van der Waals surface area contributed by atoms with Gasteiger partial charge in [0, 0.05) is 35.0 Å². The van der Waals surface area contributed by atoms with Crippen LogP contribution in [0.1, 0.15) is 41.1 Å². The van der Waals surface area contributed by atoms with Crippen molar-refractivity contribution in [2.75, 3.05) is 37.9 Å². The standard InChI is InChI=1S/C22H28N2O4S2/c1-4-24-12-10-17-18(14-24)30-21(20(17)22(26)28-5-2)23-19(25)11-13-29-16-8-6-15(27-3)7-9-16/h6-9H,4-5,10-14H2,1-3H3,(H,23,25). The lowest BCUT2D eigenvalue weighted by molar-refractivity contribution is -0.115. The number of hydrogen-bond acceptors (Lipinski definition) is 7. The summed E-state index contributed by atoms with van der Waals surface area (Å²) in [6.45, 7) is 6.94. The van der Waals surface area contributed by atoms with Crippen LogP contribution in [0.4, 0.5) is 5.00 Å². The quantitative estimate of drug-likeness (QED) is 0.452. The van der Waals surface area contributed by atoms with Gasteiger partial charge >= 0.3 is 5.97 Å². The molecule has 1 aliphatic rings. The van der Waals surface area contributed by atoms with Crippen molar-refractivity contribution in [3.05, 3.63) is 40.3 Å². The van der Waals surface area contributed by atoms with Gasteiger partial charge in [0.25, 0.3) is 0 Å². The lowest BCUT2D eigenvalue weighted by Crippen LogP contribution is -2.30. The molecule has 1 aliphatic heterocycles. The number of amides is 1. The van der Waals surface area contributed by atoms with Crippen molar-refractivity contribution < 1.29 is 19.1 Å². The summed E-state index contributed by atoms with van der Waals surface area (Å²) >= 11 is 3.12. The van der Waals surface area contributed by atoms with E-state index < -0.39 is 0 Å². The van der Waals surface area contributed by atoms with Crippen LogP contribution in [0.2, 0.25) is 0 Å². The van der Waals surface area contributed by atoms with Crippen LogP contribution in [-0.2, 0) is 22.5 Å². The highest BCUT2D eigenvalue weighted by Gasteiger charge is 2.29. The molecule has 0 fully saturated rings. The normalized spacial score (nSPS) is 13.6. The predicted octanol–water partition coefficient (Wildman–Crippen LogP) is 4.43. The molecule has 1 amide bonds. The number of ether oxygens (including phenoxy) is 2. The molecule has 1 aromatic heterocycles. The van der Waals surface area contributed by atoms with Crippen LogP contribution in [-0.4, -0.2) is 49.3 Å². The number of nitrogens with one attached hydrogen (secondary N) is 1. The van der Waals surface area contributed by atoms with Crippen molar-refractivity contribution in [2.45, 2.75) is 38.1 Å². The summed E-state index contributed by atoms with van der Waals surface area (Å²) in [7, 11) is 1.64. The monoisotopic (exact) mass is 448 g/mol. The molecule has 0 saturated carbocycles. The Morgan fingerprint density at radius 1 is 1.23 bits per heavy atom. The number of methoxy groups -OCH3 is 1. The third kappa shape index (κ3) is 5.56. The van der Waals surface area contributed by atoms with Crippen molar-refractivity contribution in [2.24, 2.45) is 0 Å². The van der Waals surface area contributed by atoms with E-state index in [9.17, 15) is 9.59 Å². The number of nitrogens with zero attached hydrogens (tertiary/aromatic N) is 1. The molecule has 0 radical (unpaired) electrons. The number of thioether (sulfide) groups is 1. The second-order valence-electron chi connectivity index (χ2n) is 6.87. The Morgan fingerprint density at radius 3 is 2.67 bits per heavy atom. The molecule has 2 aromatic rings. The molecule has 2 heterocycles. The minimum atomic E-state index is -0.345. The third-order valence-corrected chi connectivity index (χ3v) is 7.12. The highest BCUT2D eigenvalue weighted by Crippen LogP contribution is 2.37. The van der Waals surface area contributed by atoms with Gasteiger partial charge in [-0.2, -0.15) is 0 Å². The van der Waals surface area contributed by atoms with Crippen LogP contribution in [0.15, 0.2) is 29.2 Å². The lowest BCUT2D eigenvalue weighted by Gasteiger charge is -2.25. The first kappa shape index (κ1) is 22.7. The zero-order valence-corrected chi connectivity index (χ0v) is 19.3. The second kappa shape index (κ2) is 10.8. The molecule has 0 bridgehead atoms. The number of fused-ring (bicyclic) bond motifs is 1. The fraction of sp³-hybridized carbons (Fsp3) is 0.455. The average molecular weight is 449 g/mol. The summed E-state index contributed by atoms with van der Waals surface area (Å²) in [5, 5.41) is 3.59. The highest BCUT2D eigenvalue weighted by atomic mass is 32.2. The summed E-state index contributed by atoms with van der Waals surface area (Å²) in [6.07, 6.45) is 1.17. The highest BCUT2D eigenvalue weighted by molar-refractivity contribution is 7.99. The second-order valence-corrected chi connectivity index (χ2v) is 9.14. The summed E-state index contributed by atoms with van der Waals surface area (Å²) in [6, 6.07) is 7.77. The van der Waals surface area contributed by atoms with Gasteiger partial charge in [-0.05, 0) is 49.7 Å². The number of carbonyl (C=O) groups excluding carboxylic acids is 2. The van der Waals surface area contributed by atoms with E-state index in [1.165, 1.54) is 11.3 Å². The fourth-order valence-electron chi connectivity index (χ4n) is 3.36. The molecule has 30 heavy (non-hydrogen) atoms. The van der Waals surface area contributed by atoms with Crippen LogP contribution in [0.5, 0.6) is 5.75 Å². The van der Waals surface area contributed by atoms with Gasteiger partial charge in [-0.25, -0.2) is 4.79 Å². The maximum absolute atomic E-state index is 12.6. The summed E-state index contributed by atoms with van der Waals surface area (Å²) in [4.78, 5) is 29.7. The molecule has 162 valence electrons.